The van der Waals surface area contributed by atoms with Crippen molar-refractivity contribution < 1.29 is 13.2 Å². The van der Waals surface area contributed by atoms with Crippen molar-refractivity contribution in [3.63, 3.8) is 0 Å². The van der Waals surface area contributed by atoms with E-state index in [1.54, 1.807) is 23.1 Å². The fourth-order valence-corrected chi connectivity index (χ4v) is 3.65. The minimum atomic E-state index is -4.38. The van der Waals surface area contributed by atoms with Crippen molar-refractivity contribution in [1.82, 2.24) is 19.7 Å². The summed E-state index contributed by atoms with van der Waals surface area (Å²) in [4.78, 5) is 12.5. The van der Waals surface area contributed by atoms with E-state index < -0.39 is 11.7 Å². The molecule has 1 aliphatic heterocycles. The predicted molar refractivity (Wildman–Crippen MR) is 119 cm³/mol. The number of rotatable bonds is 2. The second-order valence-electron chi connectivity index (χ2n) is 7.67. The van der Waals surface area contributed by atoms with E-state index in [1.165, 1.54) is 48.7 Å². The number of nitrogens with zero attached hydrogens (tertiary/aromatic N) is 3. The SMILES string of the molecule is C1CCNC1.Cn1ncc2cc(-n3ccc(-c4ccc(C(F)(F)F)cc4)cc3=O)ccc21. The van der Waals surface area contributed by atoms with Gasteiger partial charge in [-0.15, -0.1) is 0 Å². The lowest BCUT2D eigenvalue weighted by atomic mass is 10.0. The van der Waals surface area contributed by atoms with Crippen LogP contribution in [0.25, 0.3) is 27.7 Å². The van der Waals surface area contributed by atoms with Crippen LogP contribution in [-0.4, -0.2) is 27.4 Å². The first-order valence-corrected chi connectivity index (χ1v) is 10.4. The molecule has 166 valence electrons. The molecular formula is C24H23F3N4O. The van der Waals surface area contributed by atoms with E-state index in [2.05, 4.69) is 10.4 Å². The van der Waals surface area contributed by atoms with Crippen molar-refractivity contribution in [2.24, 2.45) is 7.05 Å². The Hall–Kier alpha value is -3.39. The molecule has 1 aliphatic rings. The Morgan fingerprint density at radius 1 is 0.938 bits per heavy atom. The van der Waals surface area contributed by atoms with Gasteiger partial charge in [0.2, 0.25) is 0 Å². The molecule has 0 aliphatic carbocycles. The lowest BCUT2D eigenvalue weighted by molar-refractivity contribution is -0.137. The van der Waals surface area contributed by atoms with Crippen molar-refractivity contribution >= 4 is 10.9 Å². The largest absolute Gasteiger partial charge is 0.416 e. The first-order valence-electron chi connectivity index (χ1n) is 10.4. The Bertz CT molecular complexity index is 1260. The quantitative estimate of drug-likeness (QED) is 0.488. The molecule has 1 N–H and O–H groups in total. The van der Waals surface area contributed by atoms with E-state index in [1.807, 2.05) is 25.2 Å². The van der Waals surface area contributed by atoms with E-state index in [4.69, 9.17) is 0 Å². The number of aromatic nitrogens is 3. The van der Waals surface area contributed by atoms with Crippen LogP contribution < -0.4 is 10.9 Å². The first-order chi connectivity index (χ1) is 15.3. The second-order valence-corrected chi connectivity index (χ2v) is 7.67. The summed E-state index contributed by atoms with van der Waals surface area (Å²) in [5.74, 6) is 0. The summed E-state index contributed by atoms with van der Waals surface area (Å²) < 4.78 is 41.3. The maximum absolute atomic E-state index is 12.7. The van der Waals surface area contributed by atoms with E-state index in [9.17, 15) is 18.0 Å². The second kappa shape index (κ2) is 9.00. The number of alkyl halides is 3. The summed E-state index contributed by atoms with van der Waals surface area (Å²) in [6.45, 7) is 2.50. The molecule has 8 heteroatoms. The molecule has 1 saturated heterocycles. The summed E-state index contributed by atoms with van der Waals surface area (Å²) in [5, 5.41) is 8.31. The van der Waals surface area contributed by atoms with Crippen molar-refractivity contribution in [2.45, 2.75) is 19.0 Å². The van der Waals surface area contributed by atoms with E-state index in [0.717, 1.165) is 23.0 Å². The average molecular weight is 440 g/mol. The zero-order chi connectivity index (χ0) is 22.7. The molecule has 3 heterocycles. The average Bonchev–Trinajstić information content (AvgIpc) is 3.47. The number of hydrogen-bond donors (Lipinski definition) is 1. The van der Waals surface area contributed by atoms with Gasteiger partial charge in [-0.05, 0) is 73.5 Å². The summed E-state index contributed by atoms with van der Waals surface area (Å²) in [7, 11) is 1.84. The number of halogens is 3. The topological polar surface area (TPSA) is 51.9 Å². The highest BCUT2D eigenvalue weighted by Crippen LogP contribution is 2.30. The highest BCUT2D eigenvalue weighted by Gasteiger charge is 2.29. The predicted octanol–water partition coefficient (Wildman–Crippen LogP) is 4.78. The summed E-state index contributed by atoms with van der Waals surface area (Å²) in [5.41, 5.74) is 1.77. The van der Waals surface area contributed by atoms with Crippen LogP contribution in [0, 0.1) is 0 Å². The molecule has 5 nitrogen and oxygen atoms in total. The fourth-order valence-electron chi connectivity index (χ4n) is 3.65. The van der Waals surface area contributed by atoms with Gasteiger partial charge in [0.1, 0.15) is 0 Å². The fraction of sp³-hybridized carbons (Fsp3) is 0.250. The van der Waals surface area contributed by atoms with Gasteiger partial charge in [-0.3, -0.25) is 14.0 Å². The molecule has 0 spiro atoms. The van der Waals surface area contributed by atoms with Gasteiger partial charge >= 0.3 is 6.18 Å². The molecule has 1 fully saturated rings. The van der Waals surface area contributed by atoms with E-state index in [-0.39, 0.29) is 5.56 Å². The molecule has 0 saturated carbocycles. The van der Waals surface area contributed by atoms with Gasteiger partial charge < -0.3 is 5.32 Å². The molecule has 0 unspecified atom stereocenters. The minimum absolute atomic E-state index is 0.268. The van der Waals surface area contributed by atoms with E-state index in [0.29, 0.717) is 16.8 Å². The van der Waals surface area contributed by atoms with Crippen LogP contribution in [0.1, 0.15) is 18.4 Å². The smallest absolute Gasteiger partial charge is 0.317 e. The molecule has 32 heavy (non-hydrogen) atoms. The first kappa shape index (κ1) is 21.8. The number of hydrogen-bond acceptors (Lipinski definition) is 3. The minimum Gasteiger partial charge on any atom is -0.317 e. The molecule has 2 aromatic carbocycles. The van der Waals surface area contributed by atoms with Gasteiger partial charge in [-0.1, -0.05) is 12.1 Å². The van der Waals surface area contributed by atoms with Crippen LogP contribution in [0.2, 0.25) is 0 Å². The molecule has 0 amide bonds. The molecular weight excluding hydrogens is 417 g/mol. The van der Waals surface area contributed by atoms with Crippen LogP contribution in [0.3, 0.4) is 0 Å². The zero-order valence-electron chi connectivity index (χ0n) is 17.6. The summed E-state index contributed by atoms with van der Waals surface area (Å²) >= 11 is 0. The van der Waals surface area contributed by atoms with Crippen molar-refractivity contribution in [1.29, 1.82) is 0 Å². The van der Waals surface area contributed by atoms with Crippen molar-refractivity contribution in [3.8, 4) is 16.8 Å². The Labute approximate surface area is 183 Å². The van der Waals surface area contributed by atoms with Crippen molar-refractivity contribution in [3.05, 3.63) is 82.9 Å². The number of nitrogens with one attached hydrogen (secondary N) is 1. The third-order valence-electron chi connectivity index (χ3n) is 5.43. The standard InChI is InChI=1S/C20H14F3N3O.C4H9N/c1-25-18-7-6-17(10-15(18)12-24-25)26-9-8-14(11-19(26)27)13-2-4-16(5-3-13)20(21,22)23;1-2-4-5-3-1/h2-12H,1H3;5H,1-4H2. The Morgan fingerprint density at radius 2 is 1.66 bits per heavy atom. The van der Waals surface area contributed by atoms with Gasteiger partial charge in [0, 0.05) is 30.4 Å². The maximum Gasteiger partial charge on any atom is 0.416 e. The zero-order valence-corrected chi connectivity index (χ0v) is 17.6. The monoisotopic (exact) mass is 440 g/mol. The number of benzene rings is 2. The van der Waals surface area contributed by atoms with Crippen LogP contribution in [0.15, 0.2) is 71.8 Å². The summed E-state index contributed by atoms with van der Waals surface area (Å²) in [6, 6.07) is 13.4. The molecule has 2 aromatic heterocycles. The number of aryl methyl sites for hydroxylation is 1. The molecule has 5 rings (SSSR count). The molecule has 4 aromatic rings. The number of pyridine rings is 1. The maximum atomic E-state index is 12.7. The lowest BCUT2D eigenvalue weighted by Gasteiger charge is -2.10. The van der Waals surface area contributed by atoms with Crippen LogP contribution >= 0.6 is 0 Å². The Morgan fingerprint density at radius 3 is 2.25 bits per heavy atom. The van der Waals surface area contributed by atoms with Crippen LogP contribution in [0.5, 0.6) is 0 Å². The van der Waals surface area contributed by atoms with Gasteiger partial charge in [0.25, 0.3) is 5.56 Å². The Kier molecular flexibility index (Phi) is 6.14. The van der Waals surface area contributed by atoms with Gasteiger partial charge in [-0.25, -0.2) is 0 Å². The summed E-state index contributed by atoms with van der Waals surface area (Å²) in [6.07, 6.45) is 1.74. The normalized spacial score (nSPS) is 13.8. The highest BCUT2D eigenvalue weighted by molar-refractivity contribution is 5.80. The van der Waals surface area contributed by atoms with Crippen LogP contribution in [0.4, 0.5) is 13.2 Å². The molecule has 0 radical (unpaired) electrons. The van der Waals surface area contributed by atoms with Gasteiger partial charge in [-0.2, -0.15) is 18.3 Å². The van der Waals surface area contributed by atoms with E-state index >= 15 is 0 Å². The molecule has 0 bridgehead atoms. The third kappa shape index (κ3) is 4.75. The molecule has 0 atom stereocenters. The Balaban J connectivity index is 0.000000433. The van der Waals surface area contributed by atoms with Gasteiger partial charge in [0.05, 0.1) is 17.3 Å². The third-order valence-corrected chi connectivity index (χ3v) is 5.43. The lowest BCUT2D eigenvalue weighted by Crippen LogP contribution is -2.16. The van der Waals surface area contributed by atoms with Crippen molar-refractivity contribution in [2.75, 3.05) is 13.1 Å². The van der Waals surface area contributed by atoms with Gasteiger partial charge in [0.15, 0.2) is 0 Å². The highest BCUT2D eigenvalue weighted by atomic mass is 19.4. The number of fused-ring (bicyclic) bond motifs is 1. The van der Waals surface area contributed by atoms with Crippen LogP contribution in [-0.2, 0) is 13.2 Å².